The van der Waals surface area contributed by atoms with Crippen LogP contribution in [0.5, 0.6) is 0 Å². The van der Waals surface area contributed by atoms with Crippen molar-refractivity contribution in [3.63, 3.8) is 0 Å². The lowest BCUT2D eigenvalue weighted by molar-refractivity contribution is 0.439. The largest absolute Gasteiger partial charge is 0.326 e. The van der Waals surface area contributed by atoms with Gasteiger partial charge in [-0.15, -0.1) is 0 Å². The fourth-order valence-electron chi connectivity index (χ4n) is 1.38. The van der Waals surface area contributed by atoms with Crippen LogP contribution in [-0.2, 0) is 16.6 Å². The minimum Gasteiger partial charge on any atom is -0.326 e. The number of nitrogens with two attached hydrogens (primary N) is 1. The summed E-state index contributed by atoms with van der Waals surface area (Å²) in [5.41, 5.74) is 5.93. The summed E-state index contributed by atoms with van der Waals surface area (Å²) >= 11 is 3.28. The van der Waals surface area contributed by atoms with Gasteiger partial charge in [0.25, 0.3) is 0 Å². The second kappa shape index (κ2) is 5.69. The summed E-state index contributed by atoms with van der Waals surface area (Å²) in [6, 6.07) is 5.02. The van der Waals surface area contributed by atoms with E-state index < -0.39 is 15.6 Å². The third-order valence-corrected chi connectivity index (χ3v) is 5.49. The first-order chi connectivity index (χ1) is 8.22. The second-order valence-electron chi connectivity index (χ2n) is 4.81. The van der Waals surface area contributed by atoms with E-state index in [-0.39, 0.29) is 4.90 Å². The highest BCUT2D eigenvalue weighted by Gasteiger charge is 2.26. The minimum atomic E-state index is -3.52. The second-order valence-corrected chi connectivity index (χ2v) is 7.32. The Morgan fingerprint density at radius 3 is 2.44 bits per heavy atom. The quantitative estimate of drug-likeness (QED) is 0.868. The van der Waals surface area contributed by atoms with Gasteiger partial charge in [0.2, 0.25) is 10.0 Å². The normalized spacial score (nSPS) is 12.7. The molecule has 0 spiro atoms. The van der Waals surface area contributed by atoms with E-state index in [2.05, 4.69) is 20.7 Å². The number of hydrogen-bond donors (Lipinski definition) is 2. The Morgan fingerprint density at radius 2 is 2.00 bits per heavy atom. The van der Waals surface area contributed by atoms with Gasteiger partial charge in [-0.05, 0) is 53.9 Å². The first kappa shape index (κ1) is 15.6. The Balaban J connectivity index is 3.14. The number of benzene rings is 1. The van der Waals surface area contributed by atoms with Gasteiger partial charge in [0.05, 0.1) is 4.90 Å². The molecule has 0 aliphatic heterocycles. The van der Waals surface area contributed by atoms with Crippen LogP contribution in [0.4, 0.5) is 0 Å². The van der Waals surface area contributed by atoms with Crippen LogP contribution in [0.15, 0.2) is 27.6 Å². The molecule has 0 aliphatic carbocycles. The lowest BCUT2D eigenvalue weighted by Crippen LogP contribution is -2.42. The predicted octanol–water partition coefficient (Wildman–Crippen LogP) is 2.37. The van der Waals surface area contributed by atoms with Crippen LogP contribution in [0.25, 0.3) is 0 Å². The van der Waals surface area contributed by atoms with Crippen molar-refractivity contribution in [3.8, 4) is 0 Å². The first-order valence-electron chi connectivity index (χ1n) is 5.74. The molecule has 0 unspecified atom stereocenters. The number of rotatable bonds is 5. The van der Waals surface area contributed by atoms with E-state index in [9.17, 15) is 8.42 Å². The average Bonchev–Trinajstić information content (AvgIpc) is 2.27. The maximum absolute atomic E-state index is 12.3. The molecule has 1 rings (SSSR count). The van der Waals surface area contributed by atoms with Crippen LogP contribution >= 0.6 is 15.9 Å². The van der Waals surface area contributed by atoms with Gasteiger partial charge in [0, 0.05) is 16.6 Å². The SMILES string of the molecule is CCC(C)(C)NS(=O)(=O)c1ccc(CN)cc1Br. The van der Waals surface area contributed by atoms with E-state index >= 15 is 0 Å². The van der Waals surface area contributed by atoms with E-state index in [4.69, 9.17) is 5.73 Å². The Hall–Kier alpha value is -0.430. The monoisotopic (exact) mass is 334 g/mol. The summed E-state index contributed by atoms with van der Waals surface area (Å²) in [5.74, 6) is 0. The molecule has 6 heteroatoms. The molecule has 0 amide bonds. The van der Waals surface area contributed by atoms with E-state index in [1.165, 1.54) is 0 Å². The Morgan fingerprint density at radius 1 is 1.39 bits per heavy atom. The molecule has 102 valence electrons. The molecule has 0 fully saturated rings. The first-order valence-corrected chi connectivity index (χ1v) is 8.02. The molecule has 0 bridgehead atoms. The van der Waals surface area contributed by atoms with Crippen LogP contribution in [0.2, 0.25) is 0 Å². The zero-order chi connectivity index (χ0) is 14.0. The van der Waals surface area contributed by atoms with Crippen LogP contribution < -0.4 is 10.5 Å². The molecule has 0 radical (unpaired) electrons. The molecule has 0 heterocycles. The number of halogens is 1. The molecule has 0 saturated carbocycles. The Kier molecular flexibility index (Phi) is 4.94. The van der Waals surface area contributed by atoms with Gasteiger partial charge >= 0.3 is 0 Å². The van der Waals surface area contributed by atoms with Gasteiger partial charge < -0.3 is 5.73 Å². The Bertz CT molecular complexity index is 527. The molecule has 0 aromatic heterocycles. The van der Waals surface area contributed by atoms with Crippen molar-refractivity contribution in [3.05, 3.63) is 28.2 Å². The van der Waals surface area contributed by atoms with Crippen LogP contribution in [0.1, 0.15) is 32.8 Å². The lowest BCUT2D eigenvalue weighted by Gasteiger charge is -2.24. The predicted molar refractivity (Wildman–Crippen MR) is 76.7 cm³/mol. The lowest BCUT2D eigenvalue weighted by atomic mass is 10.0. The highest BCUT2D eigenvalue weighted by molar-refractivity contribution is 9.10. The van der Waals surface area contributed by atoms with Crippen molar-refractivity contribution in [1.82, 2.24) is 4.72 Å². The summed E-state index contributed by atoms with van der Waals surface area (Å²) in [6.07, 6.45) is 0.713. The van der Waals surface area contributed by atoms with Crippen LogP contribution in [0.3, 0.4) is 0 Å². The van der Waals surface area contributed by atoms with E-state index in [0.29, 0.717) is 17.4 Å². The van der Waals surface area contributed by atoms with Gasteiger partial charge in [0.15, 0.2) is 0 Å². The van der Waals surface area contributed by atoms with Crippen LogP contribution in [-0.4, -0.2) is 14.0 Å². The minimum absolute atomic E-state index is 0.237. The van der Waals surface area contributed by atoms with Crippen molar-refractivity contribution in [1.29, 1.82) is 0 Å². The molecular formula is C12H19BrN2O2S. The summed E-state index contributed by atoms with van der Waals surface area (Å²) in [6.45, 7) is 6.03. The highest BCUT2D eigenvalue weighted by atomic mass is 79.9. The fourth-order valence-corrected chi connectivity index (χ4v) is 3.99. The van der Waals surface area contributed by atoms with Gasteiger partial charge in [0.1, 0.15) is 0 Å². The number of nitrogens with one attached hydrogen (secondary N) is 1. The molecule has 4 nitrogen and oxygen atoms in total. The molecule has 0 atom stereocenters. The average molecular weight is 335 g/mol. The molecular weight excluding hydrogens is 316 g/mol. The van der Waals surface area contributed by atoms with Crippen molar-refractivity contribution in [2.45, 2.75) is 44.2 Å². The number of hydrogen-bond acceptors (Lipinski definition) is 3. The van der Waals surface area contributed by atoms with Gasteiger partial charge in [-0.3, -0.25) is 0 Å². The zero-order valence-corrected chi connectivity index (χ0v) is 13.2. The molecule has 1 aromatic carbocycles. The summed E-state index contributed by atoms with van der Waals surface area (Å²) in [7, 11) is -3.52. The van der Waals surface area contributed by atoms with E-state index in [1.807, 2.05) is 20.8 Å². The maximum atomic E-state index is 12.3. The van der Waals surface area contributed by atoms with E-state index in [1.54, 1.807) is 18.2 Å². The van der Waals surface area contributed by atoms with Crippen molar-refractivity contribution < 1.29 is 8.42 Å². The van der Waals surface area contributed by atoms with E-state index in [0.717, 1.165) is 5.56 Å². The molecule has 0 saturated heterocycles. The molecule has 3 N–H and O–H groups in total. The summed E-state index contributed by atoms with van der Waals surface area (Å²) in [5, 5.41) is 0. The highest BCUT2D eigenvalue weighted by Crippen LogP contribution is 2.24. The standard InChI is InChI=1S/C12H19BrN2O2S/c1-4-12(2,3)15-18(16,17)11-6-5-9(8-14)7-10(11)13/h5-7,15H,4,8,14H2,1-3H3. The summed E-state index contributed by atoms with van der Waals surface area (Å²) < 4.78 is 27.7. The fraction of sp³-hybridized carbons (Fsp3) is 0.500. The molecule has 1 aromatic rings. The van der Waals surface area contributed by atoms with Crippen molar-refractivity contribution >= 4 is 26.0 Å². The van der Waals surface area contributed by atoms with Crippen molar-refractivity contribution in [2.24, 2.45) is 5.73 Å². The third-order valence-electron chi connectivity index (χ3n) is 2.82. The third kappa shape index (κ3) is 3.78. The van der Waals surface area contributed by atoms with Gasteiger partial charge in [-0.1, -0.05) is 13.0 Å². The van der Waals surface area contributed by atoms with Gasteiger partial charge in [-0.2, -0.15) is 0 Å². The van der Waals surface area contributed by atoms with Crippen LogP contribution in [0, 0.1) is 0 Å². The van der Waals surface area contributed by atoms with Crippen molar-refractivity contribution in [2.75, 3.05) is 0 Å². The maximum Gasteiger partial charge on any atom is 0.242 e. The smallest absolute Gasteiger partial charge is 0.242 e. The zero-order valence-electron chi connectivity index (χ0n) is 10.8. The molecule has 0 aliphatic rings. The van der Waals surface area contributed by atoms with Gasteiger partial charge in [-0.25, -0.2) is 13.1 Å². The number of sulfonamides is 1. The molecule has 18 heavy (non-hydrogen) atoms. The topological polar surface area (TPSA) is 72.2 Å². The summed E-state index contributed by atoms with van der Waals surface area (Å²) in [4.78, 5) is 0.237. The Labute approximate surface area is 117 Å².